The largest absolute Gasteiger partial charge is 0.493 e. The van der Waals surface area contributed by atoms with E-state index in [9.17, 15) is 0 Å². The van der Waals surface area contributed by atoms with E-state index >= 15 is 0 Å². The lowest BCUT2D eigenvalue weighted by atomic mass is 10.2. The molecule has 0 unspecified atom stereocenters. The highest BCUT2D eigenvalue weighted by Gasteiger charge is 2.09. The maximum absolute atomic E-state index is 5.86. The van der Waals surface area contributed by atoms with E-state index in [0.29, 0.717) is 18.0 Å². The molecular formula is C15H15BrClNO2. The normalized spacial score (nSPS) is 10.2. The van der Waals surface area contributed by atoms with Gasteiger partial charge in [0.15, 0.2) is 11.5 Å². The molecule has 0 fully saturated rings. The maximum atomic E-state index is 5.86. The average Bonchev–Trinajstić information content (AvgIpc) is 2.47. The summed E-state index contributed by atoms with van der Waals surface area (Å²) in [4.78, 5) is 0. The molecule has 0 heterocycles. The van der Waals surface area contributed by atoms with Gasteiger partial charge in [0.2, 0.25) is 0 Å². The number of hydrogen-bond donors (Lipinski definition) is 1. The Morgan fingerprint density at radius 2 is 1.65 bits per heavy atom. The summed E-state index contributed by atoms with van der Waals surface area (Å²) in [6.45, 7) is 0.669. The summed E-state index contributed by atoms with van der Waals surface area (Å²) in [5.74, 6) is 1.42. The Labute approximate surface area is 132 Å². The first-order chi connectivity index (χ1) is 9.63. The molecule has 0 spiro atoms. The van der Waals surface area contributed by atoms with Crippen molar-refractivity contribution in [2.45, 2.75) is 6.54 Å². The minimum absolute atomic E-state index is 0.669. The average molecular weight is 357 g/mol. The molecular weight excluding hydrogens is 342 g/mol. The second kappa shape index (κ2) is 6.86. The molecule has 1 N–H and O–H groups in total. The fourth-order valence-electron chi connectivity index (χ4n) is 1.80. The van der Waals surface area contributed by atoms with Crippen molar-refractivity contribution in [1.82, 2.24) is 0 Å². The van der Waals surface area contributed by atoms with Crippen LogP contribution in [0, 0.1) is 0 Å². The molecule has 0 aromatic heterocycles. The molecule has 0 saturated carbocycles. The molecule has 0 amide bonds. The van der Waals surface area contributed by atoms with Crippen LogP contribution in [-0.2, 0) is 6.54 Å². The third kappa shape index (κ3) is 3.58. The molecule has 0 atom stereocenters. The zero-order valence-electron chi connectivity index (χ0n) is 11.2. The molecule has 0 aliphatic rings. The number of benzene rings is 2. The fraction of sp³-hybridized carbons (Fsp3) is 0.200. The minimum Gasteiger partial charge on any atom is -0.493 e. The van der Waals surface area contributed by atoms with Gasteiger partial charge in [-0.05, 0) is 42.0 Å². The van der Waals surface area contributed by atoms with Gasteiger partial charge < -0.3 is 14.8 Å². The molecule has 106 valence electrons. The summed E-state index contributed by atoms with van der Waals surface area (Å²) in [5, 5.41) is 4.06. The van der Waals surface area contributed by atoms with E-state index in [1.807, 2.05) is 36.4 Å². The molecule has 2 rings (SSSR count). The van der Waals surface area contributed by atoms with E-state index in [4.69, 9.17) is 21.1 Å². The summed E-state index contributed by atoms with van der Waals surface area (Å²) in [6.07, 6.45) is 0. The third-order valence-electron chi connectivity index (χ3n) is 2.88. The van der Waals surface area contributed by atoms with Crippen molar-refractivity contribution >= 4 is 33.2 Å². The van der Waals surface area contributed by atoms with Gasteiger partial charge in [-0.25, -0.2) is 0 Å². The Balaban J connectivity index is 2.14. The van der Waals surface area contributed by atoms with Crippen LogP contribution in [0.15, 0.2) is 40.9 Å². The topological polar surface area (TPSA) is 30.5 Å². The van der Waals surface area contributed by atoms with Crippen LogP contribution in [-0.4, -0.2) is 14.2 Å². The van der Waals surface area contributed by atoms with Crippen LogP contribution in [0.1, 0.15) is 5.56 Å². The highest BCUT2D eigenvalue weighted by atomic mass is 79.9. The van der Waals surface area contributed by atoms with Crippen molar-refractivity contribution in [2.75, 3.05) is 19.5 Å². The van der Waals surface area contributed by atoms with Gasteiger partial charge in [-0.3, -0.25) is 0 Å². The van der Waals surface area contributed by atoms with Crippen LogP contribution < -0.4 is 14.8 Å². The van der Waals surface area contributed by atoms with Crippen LogP contribution >= 0.6 is 27.5 Å². The molecule has 5 heteroatoms. The van der Waals surface area contributed by atoms with E-state index in [0.717, 1.165) is 20.7 Å². The van der Waals surface area contributed by atoms with Crippen molar-refractivity contribution in [3.63, 3.8) is 0 Å². The number of anilines is 1. The number of rotatable bonds is 5. The highest BCUT2D eigenvalue weighted by molar-refractivity contribution is 9.10. The maximum Gasteiger partial charge on any atom is 0.161 e. The van der Waals surface area contributed by atoms with E-state index in [1.54, 1.807) is 14.2 Å². The Bertz CT molecular complexity index is 587. The Morgan fingerprint density at radius 3 is 2.25 bits per heavy atom. The first kappa shape index (κ1) is 15.0. The highest BCUT2D eigenvalue weighted by Crippen LogP contribution is 2.33. The Kier molecular flexibility index (Phi) is 5.15. The van der Waals surface area contributed by atoms with E-state index < -0.39 is 0 Å². The molecule has 3 nitrogen and oxygen atoms in total. The predicted octanol–water partition coefficient (Wildman–Crippen LogP) is 4.73. The standard InChI is InChI=1S/C15H15BrClNO2/c1-19-14-7-10(13(16)8-15(14)20-2)9-18-12-5-3-11(17)4-6-12/h3-8,18H,9H2,1-2H3. The van der Waals surface area contributed by atoms with Gasteiger partial charge in [0.1, 0.15) is 0 Å². The van der Waals surface area contributed by atoms with Crippen LogP contribution in [0.2, 0.25) is 5.02 Å². The Morgan fingerprint density at radius 1 is 1.05 bits per heavy atom. The van der Waals surface area contributed by atoms with Gasteiger partial charge in [-0.1, -0.05) is 27.5 Å². The first-order valence-corrected chi connectivity index (χ1v) is 7.21. The molecule has 0 aliphatic carbocycles. The smallest absolute Gasteiger partial charge is 0.161 e. The van der Waals surface area contributed by atoms with Crippen LogP contribution in [0.4, 0.5) is 5.69 Å². The van der Waals surface area contributed by atoms with Crippen LogP contribution in [0.5, 0.6) is 11.5 Å². The lowest BCUT2D eigenvalue weighted by Crippen LogP contribution is -2.01. The van der Waals surface area contributed by atoms with Gasteiger partial charge in [0.25, 0.3) is 0 Å². The number of halogens is 2. The van der Waals surface area contributed by atoms with Crippen molar-refractivity contribution in [2.24, 2.45) is 0 Å². The van der Waals surface area contributed by atoms with Crippen LogP contribution in [0.25, 0.3) is 0 Å². The fourth-order valence-corrected chi connectivity index (χ4v) is 2.39. The minimum atomic E-state index is 0.669. The van der Waals surface area contributed by atoms with Gasteiger partial charge >= 0.3 is 0 Å². The molecule has 2 aromatic carbocycles. The molecule has 20 heavy (non-hydrogen) atoms. The van der Waals surface area contributed by atoms with Crippen molar-refractivity contribution in [1.29, 1.82) is 0 Å². The van der Waals surface area contributed by atoms with Crippen LogP contribution in [0.3, 0.4) is 0 Å². The second-order valence-corrected chi connectivity index (χ2v) is 5.45. The van der Waals surface area contributed by atoms with Crippen molar-refractivity contribution in [3.8, 4) is 11.5 Å². The van der Waals surface area contributed by atoms with Gasteiger partial charge in [-0.2, -0.15) is 0 Å². The number of ether oxygens (including phenoxy) is 2. The summed E-state index contributed by atoms with van der Waals surface area (Å²) in [5.41, 5.74) is 2.09. The lowest BCUT2D eigenvalue weighted by molar-refractivity contribution is 0.354. The SMILES string of the molecule is COc1cc(Br)c(CNc2ccc(Cl)cc2)cc1OC. The zero-order chi connectivity index (χ0) is 14.5. The predicted molar refractivity (Wildman–Crippen MR) is 86.0 cm³/mol. The zero-order valence-corrected chi connectivity index (χ0v) is 13.6. The molecule has 0 saturated heterocycles. The van der Waals surface area contributed by atoms with Crippen molar-refractivity contribution < 1.29 is 9.47 Å². The van der Waals surface area contributed by atoms with Gasteiger partial charge in [-0.15, -0.1) is 0 Å². The monoisotopic (exact) mass is 355 g/mol. The van der Waals surface area contributed by atoms with E-state index in [1.165, 1.54) is 0 Å². The number of nitrogens with one attached hydrogen (secondary N) is 1. The Hall–Kier alpha value is -1.39. The van der Waals surface area contributed by atoms with Gasteiger partial charge in [0, 0.05) is 21.7 Å². The molecule has 0 radical (unpaired) electrons. The third-order valence-corrected chi connectivity index (χ3v) is 3.87. The second-order valence-electron chi connectivity index (χ2n) is 4.16. The number of hydrogen-bond acceptors (Lipinski definition) is 3. The quantitative estimate of drug-likeness (QED) is 0.840. The van der Waals surface area contributed by atoms with Crippen molar-refractivity contribution in [3.05, 3.63) is 51.5 Å². The molecule has 0 aliphatic heterocycles. The number of methoxy groups -OCH3 is 2. The molecule has 2 aromatic rings. The summed E-state index contributed by atoms with van der Waals surface area (Å²) in [6, 6.07) is 11.4. The summed E-state index contributed by atoms with van der Waals surface area (Å²) < 4.78 is 11.5. The van der Waals surface area contributed by atoms with E-state index in [2.05, 4.69) is 21.2 Å². The van der Waals surface area contributed by atoms with Gasteiger partial charge in [0.05, 0.1) is 14.2 Å². The summed E-state index contributed by atoms with van der Waals surface area (Å²) in [7, 11) is 3.25. The first-order valence-electron chi connectivity index (χ1n) is 6.04. The lowest BCUT2D eigenvalue weighted by Gasteiger charge is -2.13. The van der Waals surface area contributed by atoms with E-state index in [-0.39, 0.29) is 0 Å². The molecule has 0 bridgehead atoms. The summed E-state index contributed by atoms with van der Waals surface area (Å²) >= 11 is 9.40.